The number of ether oxygens (including phenoxy) is 1. The van der Waals surface area contributed by atoms with Crippen LogP contribution in [0.3, 0.4) is 0 Å². The van der Waals surface area contributed by atoms with Gasteiger partial charge in [-0.1, -0.05) is 23.7 Å². The van der Waals surface area contributed by atoms with Crippen LogP contribution < -0.4 is 4.90 Å². The minimum atomic E-state index is -0.542. The van der Waals surface area contributed by atoms with E-state index in [2.05, 4.69) is 11.0 Å². The molecule has 0 spiro atoms. The Bertz CT molecular complexity index is 1020. The van der Waals surface area contributed by atoms with Gasteiger partial charge in [0.25, 0.3) is 11.1 Å². The second-order valence-corrected chi connectivity index (χ2v) is 8.51. The van der Waals surface area contributed by atoms with Crippen LogP contribution in [-0.4, -0.2) is 42.3 Å². The average molecular weight is 447 g/mol. The summed E-state index contributed by atoms with van der Waals surface area (Å²) in [6, 6.07) is 10.3. The fraction of sp³-hybridized carbons (Fsp3) is 0.273. The predicted octanol–water partition coefficient (Wildman–Crippen LogP) is 4.86. The van der Waals surface area contributed by atoms with Crippen LogP contribution in [0.2, 0.25) is 5.02 Å². The van der Waals surface area contributed by atoms with Gasteiger partial charge in [0.1, 0.15) is 5.82 Å². The molecule has 2 aliphatic rings. The molecule has 30 heavy (non-hydrogen) atoms. The topological polar surface area (TPSA) is 49.9 Å². The molecular formula is C22H20ClFN2O3S. The Morgan fingerprint density at radius 2 is 1.97 bits per heavy atom. The number of morpholine rings is 1. The maximum Gasteiger partial charge on any atom is 0.293 e. The number of benzene rings is 2. The number of hydrogen-bond acceptors (Lipinski definition) is 5. The summed E-state index contributed by atoms with van der Waals surface area (Å²) in [5.74, 6) is -0.985. The molecule has 0 unspecified atom stereocenters. The zero-order valence-electron chi connectivity index (χ0n) is 16.4. The first-order valence-corrected chi connectivity index (χ1v) is 10.7. The van der Waals surface area contributed by atoms with Crippen LogP contribution in [0, 0.1) is 12.7 Å². The predicted molar refractivity (Wildman–Crippen MR) is 117 cm³/mol. The molecule has 156 valence electrons. The lowest BCUT2D eigenvalue weighted by Gasteiger charge is -2.29. The molecule has 0 radical (unpaired) electrons. The van der Waals surface area contributed by atoms with E-state index >= 15 is 0 Å². The Hall–Kier alpha value is -2.35. The second kappa shape index (κ2) is 8.79. The van der Waals surface area contributed by atoms with Crippen molar-refractivity contribution >= 4 is 46.3 Å². The molecule has 2 aromatic carbocycles. The monoisotopic (exact) mass is 446 g/mol. The molecule has 2 saturated heterocycles. The molecule has 2 heterocycles. The molecule has 5 nitrogen and oxygen atoms in total. The molecular weight excluding hydrogens is 427 g/mol. The van der Waals surface area contributed by atoms with Crippen LogP contribution in [0.4, 0.5) is 14.9 Å². The van der Waals surface area contributed by atoms with Crippen LogP contribution in [0.1, 0.15) is 16.7 Å². The number of anilines is 1. The Kier molecular flexibility index (Phi) is 6.13. The van der Waals surface area contributed by atoms with Crippen LogP contribution in [0.15, 0.2) is 41.3 Å². The summed E-state index contributed by atoms with van der Waals surface area (Å²) in [7, 11) is 0. The number of hydrogen-bond donors (Lipinski definition) is 0. The minimum absolute atomic E-state index is 0.133. The molecule has 0 N–H and O–H groups in total. The molecule has 2 amide bonds. The summed E-state index contributed by atoms with van der Waals surface area (Å²) < 4.78 is 19.5. The van der Waals surface area contributed by atoms with E-state index in [-0.39, 0.29) is 17.1 Å². The highest BCUT2D eigenvalue weighted by Crippen LogP contribution is 2.35. The van der Waals surface area contributed by atoms with Gasteiger partial charge in [0, 0.05) is 29.4 Å². The summed E-state index contributed by atoms with van der Waals surface area (Å²) in [5, 5.41) is -0.249. The number of carbonyl (C=O) groups excluding carboxylic acids is 2. The van der Waals surface area contributed by atoms with Gasteiger partial charge >= 0.3 is 0 Å². The SMILES string of the molecule is Cc1cc(N2CCOCC2)ccc1/C=C1\SC(=O)N(Cc2c(F)cccc2Cl)C1=O. The van der Waals surface area contributed by atoms with Gasteiger partial charge in [0.15, 0.2) is 0 Å². The van der Waals surface area contributed by atoms with Gasteiger partial charge in [-0.05, 0) is 60.2 Å². The van der Waals surface area contributed by atoms with Gasteiger partial charge in [0.05, 0.1) is 24.7 Å². The fourth-order valence-corrected chi connectivity index (χ4v) is 4.51. The Morgan fingerprint density at radius 3 is 2.67 bits per heavy atom. The zero-order chi connectivity index (χ0) is 21.3. The maximum absolute atomic E-state index is 14.1. The van der Waals surface area contributed by atoms with Gasteiger partial charge < -0.3 is 9.64 Å². The van der Waals surface area contributed by atoms with E-state index in [0.717, 1.165) is 46.6 Å². The highest BCUT2D eigenvalue weighted by molar-refractivity contribution is 8.18. The summed E-state index contributed by atoms with van der Waals surface area (Å²) in [6.45, 7) is 4.88. The number of amides is 2. The normalized spacial score (nSPS) is 18.6. The van der Waals surface area contributed by atoms with Crippen molar-refractivity contribution in [1.29, 1.82) is 0 Å². The van der Waals surface area contributed by atoms with Gasteiger partial charge in [-0.25, -0.2) is 4.39 Å². The molecule has 2 fully saturated rings. The smallest absolute Gasteiger partial charge is 0.293 e. The van der Waals surface area contributed by atoms with Gasteiger partial charge in [0.2, 0.25) is 0 Å². The molecule has 0 atom stereocenters. The quantitative estimate of drug-likeness (QED) is 0.628. The third-order valence-corrected chi connectivity index (χ3v) is 6.43. The van der Waals surface area contributed by atoms with Crippen LogP contribution >= 0.6 is 23.4 Å². The molecule has 2 aromatic rings. The van der Waals surface area contributed by atoms with Gasteiger partial charge in [-0.2, -0.15) is 0 Å². The Morgan fingerprint density at radius 1 is 1.20 bits per heavy atom. The van der Waals surface area contributed by atoms with E-state index in [1.807, 2.05) is 19.1 Å². The molecule has 8 heteroatoms. The average Bonchev–Trinajstić information content (AvgIpc) is 3.00. The minimum Gasteiger partial charge on any atom is -0.378 e. The van der Waals surface area contributed by atoms with E-state index < -0.39 is 17.0 Å². The van der Waals surface area contributed by atoms with E-state index in [4.69, 9.17) is 16.3 Å². The van der Waals surface area contributed by atoms with Crippen molar-refractivity contribution in [1.82, 2.24) is 4.90 Å². The first kappa shape index (κ1) is 20.9. The molecule has 0 aliphatic carbocycles. The third kappa shape index (κ3) is 4.24. The molecule has 4 rings (SSSR count). The van der Waals surface area contributed by atoms with Crippen LogP contribution in [0.25, 0.3) is 6.08 Å². The lowest BCUT2D eigenvalue weighted by atomic mass is 10.1. The van der Waals surface area contributed by atoms with Crippen molar-refractivity contribution < 1.29 is 18.7 Å². The number of rotatable bonds is 4. The molecule has 0 bridgehead atoms. The van der Waals surface area contributed by atoms with Gasteiger partial charge in [-0.3, -0.25) is 14.5 Å². The molecule has 0 aromatic heterocycles. The first-order chi connectivity index (χ1) is 14.4. The number of thioether (sulfide) groups is 1. The first-order valence-electron chi connectivity index (χ1n) is 9.55. The summed E-state index contributed by atoms with van der Waals surface area (Å²) >= 11 is 6.90. The molecule has 2 aliphatic heterocycles. The second-order valence-electron chi connectivity index (χ2n) is 7.11. The zero-order valence-corrected chi connectivity index (χ0v) is 17.9. The Balaban J connectivity index is 1.54. The lowest BCUT2D eigenvalue weighted by molar-refractivity contribution is -0.123. The fourth-order valence-electron chi connectivity index (χ4n) is 3.46. The van der Waals surface area contributed by atoms with Crippen molar-refractivity contribution in [2.45, 2.75) is 13.5 Å². The number of nitrogens with zero attached hydrogens (tertiary/aromatic N) is 2. The summed E-state index contributed by atoms with van der Waals surface area (Å²) in [6.07, 6.45) is 1.71. The number of carbonyl (C=O) groups is 2. The van der Waals surface area contributed by atoms with Crippen molar-refractivity contribution in [3.8, 4) is 0 Å². The highest BCUT2D eigenvalue weighted by atomic mass is 35.5. The van der Waals surface area contributed by atoms with Crippen molar-refractivity contribution in [2.24, 2.45) is 0 Å². The largest absolute Gasteiger partial charge is 0.378 e. The van der Waals surface area contributed by atoms with E-state index in [1.54, 1.807) is 6.08 Å². The lowest BCUT2D eigenvalue weighted by Crippen LogP contribution is -2.36. The van der Waals surface area contributed by atoms with Crippen molar-refractivity contribution in [3.05, 3.63) is 68.8 Å². The number of aryl methyl sites for hydroxylation is 1. The summed E-state index contributed by atoms with van der Waals surface area (Å²) in [4.78, 5) is 28.8. The Labute approximate surface area is 183 Å². The van der Waals surface area contributed by atoms with Crippen LogP contribution in [-0.2, 0) is 16.1 Å². The van der Waals surface area contributed by atoms with Crippen molar-refractivity contribution in [3.63, 3.8) is 0 Å². The third-order valence-electron chi connectivity index (χ3n) is 5.17. The van der Waals surface area contributed by atoms with E-state index in [0.29, 0.717) is 18.1 Å². The van der Waals surface area contributed by atoms with E-state index in [9.17, 15) is 14.0 Å². The maximum atomic E-state index is 14.1. The van der Waals surface area contributed by atoms with E-state index in [1.165, 1.54) is 18.2 Å². The number of halogens is 2. The standard InChI is InChI=1S/C22H20ClFN2O3S/c1-14-11-16(25-7-9-29-10-8-25)6-5-15(14)12-20-21(27)26(22(28)30-20)13-17-18(23)3-2-4-19(17)24/h2-6,11-12H,7-10,13H2,1H3/b20-12-. The van der Waals surface area contributed by atoms with Crippen LogP contribution in [0.5, 0.6) is 0 Å². The van der Waals surface area contributed by atoms with Crippen molar-refractivity contribution in [2.75, 3.05) is 31.2 Å². The summed E-state index contributed by atoms with van der Waals surface area (Å²) in [5.41, 5.74) is 3.10. The van der Waals surface area contributed by atoms with Gasteiger partial charge in [-0.15, -0.1) is 0 Å². The number of imide groups is 1. The highest BCUT2D eigenvalue weighted by Gasteiger charge is 2.36. The molecule has 0 saturated carbocycles.